The Morgan fingerprint density at radius 1 is 1.24 bits per heavy atom. The second kappa shape index (κ2) is 4.05. The Morgan fingerprint density at radius 3 is 2.94 bits per heavy atom. The lowest BCUT2D eigenvalue weighted by Gasteiger charge is -2.21. The van der Waals surface area contributed by atoms with E-state index in [9.17, 15) is 0 Å². The van der Waals surface area contributed by atoms with Crippen molar-refractivity contribution >= 4 is 0 Å². The number of ether oxygens (including phenoxy) is 2. The van der Waals surface area contributed by atoms with Gasteiger partial charge in [-0.15, -0.1) is 0 Å². The third kappa shape index (κ3) is 1.93. The predicted molar refractivity (Wildman–Crippen MR) is 64.6 cm³/mol. The highest BCUT2D eigenvalue weighted by atomic mass is 16.6. The second-order valence-corrected chi connectivity index (χ2v) is 4.04. The van der Waals surface area contributed by atoms with Crippen LogP contribution in [-0.4, -0.2) is 13.2 Å². The Bertz CT molecular complexity index is 494. The van der Waals surface area contributed by atoms with Gasteiger partial charge in [-0.1, -0.05) is 18.7 Å². The minimum atomic E-state index is 0.613. The summed E-state index contributed by atoms with van der Waals surface area (Å²) in [6.07, 6.45) is 2.70. The molecule has 4 nitrogen and oxygen atoms in total. The highest BCUT2D eigenvalue weighted by molar-refractivity contribution is 5.49. The van der Waals surface area contributed by atoms with Crippen LogP contribution in [-0.2, 0) is 6.42 Å². The molecule has 0 aromatic heterocycles. The van der Waals surface area contributed by atoms with Gasteiger partial charge in [0.2, 0.25) is 0 Å². The van der Waals surface area contributed by atoms with Gasteiger partial charge in [-0.25, -0.2) is 0 Å². The molecule has 0 fully saturated rings. The van der Waals surface area contributed by atoms with Gasteiger partial charge < -0.3 is 20.1 Å². The highest BCUT2D eigenvalue weighted by Crippen LogP contribution is 2.34. The van der Waals surface area contributed by atoms with Crippen molar-refractivity contribution in [2.24, 2.45) is 0 Å². The van der Waals surface area contributed by atoms with Crippen LogP contribution in [0, 0.1) is 0 Å². The molecule has 1 aromatic carbocycles. The lowest BCUT2D eigenvalue weighted by molar-refractivity contribution is 0.170. The van der Waals surface area contributed by atoms with Gasteiger partial charge in [0, 0.05) is 23.9 Å². The van der Waals surface area contributed by atoms with Crippen LogP contribution in [0.25, 0.3) is 0 Å². The number of benzene rings is 1. The van der Waals surface area contributed by atoms with Gasteiger partial charge in [-0.05, 0) is 6.07 Å². The topological polar surface area (TPSA) is 42.5 Å². The molecule has 0 saturated carbocycles. The van der Waals surface area contributed by atoms with E-state index >= 15 is 0 Å². The first-order valence-corrected chi connectivity index (χ1v) is 5.62. The van der Waals surface area contributed by atoms with E-state index in [0.29, 0.717) is 13.2 Å². The Kier molecular flexibility index (Phi) is 2.40. The first-order chi connectivity index (χ1) is 8.33. The molecule has 2 heterocycles. The van der Waals surface area contributed by atoms with Crippen molar-refractivity contribution in [2.75, 3.05) is 13.2 Å². The molecule has 0 unspecified atom stereocenters. The Labute approximate surface area is 99.9 Å². The average molecular weight is 230 g/mol. The smallest absolute Gasteiger partial charge is 0.164 e. The van der Waals surface area contributed by atoms with E-state index in [0.717, 1.165) is 35.0 Å². The summed E-state index contributed by atoms with van der Waals surface area (Å²) in [6.45, 7) is 5.04. The minimum absolute atomic E-state index is 0.613. The molecule has 0 atom stereocenters. The Balaban J connectivity index is 1.85. The van der Waals surface area contributed by atoms with Crippen molar-refractivity contribution in [3.63, 3.8) is 0 Å². The summed E-state index contributed by atoms with van der Waals surface area (Å²) in [4.78, 5) is 0. The number of nitrogens with one attached hydrogen (secondary N) is 2. The quantitative estimate of drug-likeness (QED) is 0.808. The van der Waals surface area contributed by atoms with Crippen molar-refractivity contribution in [2.45, 2.75) is 6.42 Å². The monoisotopic (exact) mass is 230 g/mol. The number of allylic oxidation sites excluding steroid dienone is 1. The minimum Gasteiger partial charge on any atom is -0.486 e. The molecule has 3 rings (SSSR count). The molecular weight excluding hydrogens is 216 g/mol. The van der Waals surface area contributed by atoms with Crippen LogP contribution in [0.4, 0.5) is 0 Å². The van der Waals surface area contributed by atoms with Crippen molar-refractivity contribution in [1.82, 2.24) is 10.6 Å². The number of fused-ring (bicyclic) bond motifs is 1. The molecule has 0 bridgehead atoms. The third-order valence-corrected chi connectivity index (χ3v) is 2.76. The summed E-state index contributed by atoms with van der Waals surface area (Å²) in [6, 6.07) is 5.98. The van der Waals surface area contributed by atoms with Gasteiger partial charge in [-0.2, -0.15) is 0 Å². The first kappa shape index (κ1) is 10.1. The van der Waals surface area contributed by atoms with Crippen molar-refractivity contribution in [1.29, 1.82) is 0 Å². The Morgan fingerprint density at radius 2 is 2.12 bits per heavy atom. The van der Waals surface area contributed by atoms with Crippen LogP contribution in [0.5, 0.6) is 11.5 Å². The van der Waals surface area contributed by atoms with Gasteiger partial charge in [0.15, 0.2) is 11.5 Å². The molecule has 2 aliphatic heterocycles. The normalized spacial score (nSPS) is 17.2. The van der Waals surface area contributed by atoms with E-state index in [1.54, 1.807) is 0 Å². The molecule has 0 radical (unpaired) electrons. The summed E-state index contributed by atoms with van der Waals surface area (Å²) < 4.78 is 11.2. The standard InChI is InChI=1S/C13H14N2O2/c1-9-14-8-11(15-9)7-10-3-2-4-12-13(10)17-6-5-16-12/h2-4,8,14-15H,1,5-7H2. The predicted octanol–water partition coefficient (Wildman–Crippen LogP) is 1.51. The van der Waals surface area contributed by atoms with Crippen LogP contribution < -0.4 is 20.1 Å². The molecule has 2 aliphatic rings. The molecule has 1 aromatic rings. The van der Waals surface area contributed by atoms with E-state index in [-0.39, 0.29) is 0 Å². The van der Waals surface area contributed by atoms with Crippen LogP contribution in [0.3, 0.4) is 0 Å². The molecule has 4 heteroatoms. The average Bonchev–Trinajstić information content (AvgIpc) is 2.75. The second-order valence-electron chi connectivity index (χ2n) is 4.04. The summed E-state index contributed by atoms with van der Waals surface area (Å²) in [7, 11) is 0. The van der Waals surface area contributed by atoms with Crippen LogP contribution >= 0.6 is 0 Å². The van der Waals surface area contributed by atoms with E-state index in [4.69, 9.17) is 9.47 Å². The van der Waals surface area contributed by atoms with Crippen molar-refractivity contribution in [3.05, 3.63) is 48.1 Å². The van der Waals surface area contributed by atoms with Crippen LogP contribution in [0.15, 0.2) is 42.5 Å². The van der Waals surface area contributed by atoms with E-state index < -0.39 is 0 Å². The zero-order chi connectivity index (χ0) is 11.7. The fraction of sp³-hybridized carbons (Fsp3) is 0.231. The summed E-state index contributed by atoms with van der Waals surface area (Å²) >= 11 is 0. The van der Waals surface area contributed by atoms with E-state index in [2.05, 4.69) is 23.3 Å². The lowest BCUT2D eigenvalue weighted by Crippen LogP contribution is -2.17. The molecule has 17 heavy (non-hydrogen) atoms. The SMILES string of the molecule is C=C1NC=C(Cc2cccc3c2OCCO3)N1. The highest BCUT2D eigenvalue weighted by Gasteiger charge is 2.17. The summed E-state index contributed by atoms with van der Waals surface area (Å²) in [5.41, 5.74) is 2.20. The maximum absolute atomic E-state index is 5.67. The molecule has 0 spiro atoms. The number of rotatable bonds is 2. The molecule has 0 amide bonds. The molecule has 0 saturated heterocycles. The van der Waals surface area contributed by atoms with Gasteiger partial charge in [-0.3, -0.25) is 0 Å². The zero-order valence-electron chi connectivity index (χ0n) is 9.45. The van der Waals surface area contributed by atoms with E-state index in [1.807, 2.05) is 18.3 Å². The summed E-state index contributed by atoms with van der Waals surface area (Å²) in [5.74, 6) is 2.50. The van der Waals surface area contributed by atoms with Crippen LogP contribution in [0.1, 0.15) is 5.56 Å². The molecule has 0 aliphatic carbocycles. The number of para-hydroxylation sites is 1. The maximum Gasteiger partial charge on any atom is 0.164 e. The van der Waals surface area contributed by atoms with E-state index in [1.165, 1.54) is 0 Å². The fourth-order valence-electron chi connectivity index (χ4n) is 2.01. The van der Waals surface area contributed by atoms with Crippen molar-refractivity contribution < 1.29 is 9.47 Å². The maximum atomic E-state index is 5.67. The van der Waals surface area contributed by atoms with Crippen molar-refractivity contribution in [3.8, 4) is 11.5 Å². The van der Waals surface area contributed by atoms with Crippen LogP contribution in [0.2, 0.25) is 0 Å². The Hall–Kier alpha value is -2.10. The largest absolute Gasteiger partial charge is 0.486 e. The zero-order valence-corrected chi connectivity index (χ0v) is 9.45. The molecule has 2 N–H and O–H groups in total. The third-order valence-electron chi connectivity index (χ3n) is 2.76. The first-order valence-electron chi connectivity index (χ1n) is 5.62. The number of hydrogen-bond acceptors (Lipinski definition) is 4. The van der Waals surface area contributed by atoms with Gasteiger partial charge in [0.05, 0.1) is 5.82 Å². The molecular formula is C13H14N2O2. The van der Waals surface area contributed by atoms with Gasteiger partial charge >= 0.3 is 0 Å². The summed E-state index contributed by atoms with van der Waals surface area (Å²) in [5, 5.41) is 6.20. The molecule has 88 valence electrons. The van der Waals surface area contributed by atoms with Gasteiger partial charge in [0.1, 0.15) is 13.2 Å². The number of hydrogen-bond donors (Lipinski definition) is 2. The lowest BCUT2D eigenvalue weighted by atomic mass is 10.1. The fourth-order valence-corrected chi connectivity index (χ4v) is 2.01. The van der Waals surface area contributed by atoms with Gasteiger partial charge in [0.25, 0.3) is 0 Å².